The van der Waals surface area contributed by atoms with E-state index in [9.17, 15) is 9.18 Å². The third-order valence-corrected chi connectivity index (χ3v) is 4.03. The molecular formula is C13H12BrFN2O2S. The van der Waals surface area contributed by atoms with Crippen LogP contribution >= 0.6 is 27.3 Å². The van der Waals surface area contributed by atoms with Gasteiger partial charge in [-0.2, -0.15) is 0 Å². The highest BCUT2D eigenvalue weighted by Crippen LogP contribution is 2.28. The first-order valence-corrected chi connectivity index (χ1v) is 7.40. The first-order chi connectivity index (χ1) is 9.49. The smallest absolute Gasteiger partial charge is 0.311 e. The number of thiazole rings is 1. The van der Waals surface area contributed by atoms with E-state index in [2.05, 4.69) is 31.0 Å². The fourth-order valence-corrected chi connectivity index (χ4v) is 2.74. The van der Waals surface area contributed by atoms with E-state index >= 15 is 0 Å². The monoisotopic (exact) mass is 358 g/mol. The Balaban J connectivity index is 2.14. The second-order valence-electron chi connectivity index (χ2n) is 4.10. The third kappa shape index (κ3) is 3.55. The van der Waals surface area contributed by atoms with Gasteiger partial charge in [0.1, 0.15) is 5.82 Å². The molecule has 1 N–H and O–H groups in total. The Bertz CT molecular complexity index is 645. The van der Waals surface area contributed by atoms with Gasteiger partial charge in [0, 0.05) is 11.1 Å². The minimum Gasteiger partial charge on any atom is -0.469 e. The molecule has 7 heteroatoms. The van der Waals surface area contributed by atoms with Crippen molar-refractivity contribution < 1.29 is 13.9 Å². The molecule has 106 valence electrons. The molecule has 0 saturated carbocycles. The summed E-state index contributed by atoms with van der Waals surface area (Å²) in [4.78, 5) is 15.4. The van der Waals surface area contributed by atoms with Crippen LogP contribution in [0.5, 0.6) is 0 Å². The molecule has 0 atom stereocenters. The van der Waals surface area contributed by atoms with Gasteiger partial charge in [-0.1, -0.05) is 0 Å². The minimum absolute atomic E-state index is 0.127. The van der Waals surface area contributed by atoms with Crippen molar-refractivity contribution in [3.05, 3.63) is 39.1 Å². The molecule has 4 nitrogen and oxygen atoms in total. The summed E-state index contributed by atoms with van der Waals surface area (Å²) in [5, 5.41) is 5.42. The number of hydrogen-bond donors (Lipinski definition) is 1. The van der Waals surface area contributed by atoms with E-state index in [4.69, 9.17) is 0 Å². The highest BCUT2D eigenvalue weighted by molar-refractivity contribution is 9.10. The van der Waals surface area contributed by atoms with Gasteiger partial charge in [0.2, 0.25) is 0 Å². The Morgan fingerprint density at radius 2 is 2.30 bits per heavy atom. The Morgan fingerprint density at radius 1 is 1.55 bits per heavy atom. The maximum atomic E-state index is 13.5. The van der Waals surface area contributed by atoms with Gasteiger partial charge in [-0.05, 0) is 40.5 Å². The number of aromatic nitrogens is 1. The molecule has 20 heavy (non-hydrogen) atoms. The number of rotatable bonds is 4. The summed E-state index contributed by atoms with van der Waals surface area (Å²) < 4.78 is 18.5. The number of halogens is 2. The van der Waals surface area contributed by atoms with Crippen molar-refractivity contribution in [1.82, 2.24) is 4.98 Å². The van der Waals surface area contributed by atoms with E-state index in [1.165, 1.54) is 24.5 Å². The molecule has 0 saturated heterocycles. The minimum atomic E-state index is -0.343. The molecule has 0 amide bonds. The van der Waals surface area contributed by atoms with E-state index in [0.717, 1.165) is 5.56 Å². The molecule has 1 aromatic heterocycles. The molecule has 0 spiro atoms. The standard InChI is InChI=1S/C13H12BrFN2O2S/c1-7-3-9(14)10(15)5-11(7)17-13-16-8(6-20-13)4-12(18)19-2/h3,5-6H,4H2,1-2H3,(H,16,17). The first-order valence-electron chi connectivity index (χ1n) is 5.73. The maximum absolute atomic E-state index is 13.5. The van der Waals surface area contributed by atoms with Crippen LogP contribution in [0.15, 0.2) is 22.0 Å². The van der Waals surface area contributed by atoms with Crippen molar-refractivity contribution >= 4 is 44.1 Å². The SMILES string of the molecule is COC(=O)Cc1csc(Nc2cc(F)c(Br)cc2C)n1. The number of anilines is 2. The second-order valence-corrected chi connectivity index (χ2v) is 5.82. The summed E-state index contributed by atoms with van der Waals surface area (Å²) in [6.07, 6.45) is 0.127. The summed E-state index contributed by atoms with van der Waals surface area (Å²) in [5.41, 5.74) is 2.16. The van der Waals surface area contributed by atoms with E-state index in [1.807, 2.05) is 6.92 Å². The van der Waals surface area contributed by atoms with Crippen molar-refractivity contribution in [3.63, 3.8) is 0 Å². The average molecular weight is 359 g/mol. The number of carbonyl (C=O) groups excluding carboxylic acids is 1. The lowest BCUT2D eigenvalue weighted by molar-refractivity contribution is -0.139. The van der Waals surface area contributed by atoms with Crippen LogP contribution in [0.4, 0.5) is 15.2 Å². The number of nitrogens with one attached hydrogen (secondary N) is 1. The van der Waals surface area contributed by atoms with Crippen LogP contribution in [0.25, 0.3) is 0 Å². The van der Waals surface area contributed by atoms with Crippen molar-refractivity contribution in [3.8, 4) is 0 Å². The molecular weight excluding hydrogens is 347 g/mol. The van der Waals surface area contributed by atoms with E-state index < -0.39 is 0 Å². The van der Waals surface area contributed by atoms with Gasteiger partial charge >= 0.3 is 5.97 Å². The van der Waals surface area contributed by atoms with E-state index in [-0.39, 0.29) is 18.2 Å². The van der Waals surface area contributed by atoms with Gasteiger partial charge in [0.15, 0.2) is 5.13 Å². The molecule has 0 unspecified atom stereocenters. The lowest BCUT2D eigenvalue weighted by Gasteiger charge is -2.07. The van der Waals surface area contributed by atoms with Crippen molar-refractivity contribution in [2.24, 2.45) is 0 Å². The van der Waals surface area contributed by atoms with Gasteiger partial charge < -0.3 is 10.1 Å². The number of aryl methyl sites for hydroxylation is 1. The van der Waals surface area contributed by atoms with Gasteiger partial charge in [-0.25, -0.2) is 9.37 Å². The molecule has 2 aromatic rings. The van der Waals surface area contributed by atoms with Crippen LogP contribution in [0.2, 0.25) is 0 Å². The largest absolute Gasteiger partial charge is 0.469 e. The zero-order chi connectivity index (χ0) is 14.7. The zero-order valence-corrected chi connectivity index (χ0v) is 13.3. The Kier molecular flexibility index (Phi) is 4.72. The molecule has 0 fully saturated rings. The van der Waals surface area contributed by atoms with Crippen LogP contribution in [0.1, 0.15) is 11.3 Å². The average Bonchev–Trinajstić information content (AvgIpc) is 2.83. The van der Waals surface area contributed by atoms with Crippen LogP contribution in [0.3, 0.4) is 0 Å². The highest BCUT2D eigenvalue weighted by Gasteiger charge is 2.10. The molecule has 1 heterocycles. The summed E-state index contributed by atoms with van der Waals surface area (Å²) in [6.45, 7) is 1.87. The van der Waals surface area contributed by atoms with E-state index in [1.54, 1.807) is 11.4 Å². The topological polar surface area (TPSA) is 51.2 Å². The molecule has 1 aromatic carbocycles. The Labute approximate surface area is 128 Å². The number of hydrogen-bond acceptors (Lipinski definition) is 5. The molecule has 0 radical (unpaired) electrons. The Hall–Kier alpha value is -1.47. The van der Waals surface area contributed by atoms with Crippen molar-refractivity contribution in [2.45, 2.75) is 13.3 Å². The lowest BCUT2D eigenvalue weighted by Crippen LogP contribution is -2.04. The normalized spacial score (nSPS) is 10.4. The number of benzene rings is 1. The zero-order valence-electron chi connectivity index (χ0n) is 10.9. The van der Waals surface area contributed by atoms with Crippen LogP contribution in [0, 0.1) is 12.7 Å². The van der Waals surface area contributed by atoms with E-state index in [0.29, 0.717) is 21.0 Å². The summed E-state index contributed by atoms with van der Waals surface area (Å²) >= 11 is 4.49. The lowest BCUT2D eigenvalue weighted by atomic mass is 10.2. The molecule has 0 aliphatic heterocycles. The van der Waals surface area contributed by atoms with Gasteiger partial charge in [0.25, 0.3) is 0 Å². The molecule has 0 bridgehead atoms. The number of methoxy groups -OCH3 is 1. The summed E-state index contributed by atoms with van der Waals surface area (Å²) in [7, 11) is 1.34. The predicted octanol–water partition coefficient (Wildman–Crippen LogP) is 3.81. The predicted molar refractivity (Wildman–Crippen MR) is 80.0 cm³/mol. The van der Waals surface area contributed by atoms with Crippen LogP contribution in [-0.2, 0) is 16.0 Å². The quantitative estimate of drug-likeness (QED) is 0.844. The van der Waals surface area contributed by atoms with Crippen LogP contribution < -0.4 is 5.32 Å². The van der Waals surface area contributed by atoms with Gasteiger partial charge in [0.05, 0.1) is 23.7 Å². The first kappa shape index (κ1) is 14.9. The molecule has 0 aliphatic rings. The Morgan fingerprint density at radius 3 is 3.00 bits per heavy atom. The maximum Gasteiger partial charge on any atom is 0.311 e. The highest BCUT2D eigenvalue weighted by atomic mass is 79.9. The van der Waals surface area contributed by atoms with Crippen molar-refractivity contribution in [1.29, 1.82) is 0 Å². The third-order valence-electron chi connectivity index (χ3n) is 2.61. The number of nitrogens with zero attached hydrogens (tertiary/aromatic N) is 1. The number of esters is 1. The van der Waals surface area contributed by atoms with Gasteiger partial charge in [-0.3, -0.25) is 4.79 Å². The number of ether oxygens (including phenoxy) is 1. The molecule has 0 aliphatic carbocycles. The van der Waals surface area contributed by atoms with Crippen molar-refractivity contribution in [2.75, 3.05) is 12.4 Å². The second kappa shape index (κ2) is 6.32. The van der Waals surface area contributed by atoms with Crippen LogP contribution in [-0.4, -0.2) is 18.1 Å². The summed E-state index contributed by atoms with van der Waals surface area (Å²) in [5.74, 6) is -0.683. The molecule has 2 rings (SSSR count). The number of carbonyl (C=O) groups is 1. The fraction of sp³-hybridized carbons (Fsp3) is 0.231. The van der Waals surface area contributed by atoms with Gasteiger partial charge in [-0.15, -0.1) is 11.3 Å². The fourth-order valence-electron chi connectivity index (χ4n) is 1.56. The summed E-state index contributed by atoms with van der Waals surface area (Å²) in [6, 6.07) is 3.10.